The topological polar surface area (TPSA) is 158 Å². The molecule has 0 saturated carbocycles. The molecule has 0 aliphatic carbocycles. The molecule has 3 rings (SSSR count). The standard InChI is InChI=1S/C22H25N7O6S/c1-29(11-12-33-2)36(31,32)17-7-5-16(6-8-17)21(28-35-15-19-23-9-4-10-24-19)22(30)27-18-13-26-20(34-3)14-25-18/h4-10,13-14H,11-12,15H2,1-3H3,(H,25,27,30). The second kappa shape index (κ2) is 12.6. The van der Waals surface area contributed by atoms with Crippen LogP contribution in [0.25, 0.3) is 0 Å². The zero-order valence-electron chi connectivity index (χ0n) is 19.9. The van der Waals surface area contributed by atoms with E-state index in [-0.39, 0.29) is 42.1 Å². The van der Waals surface area contributed by atoms with Gasteiger partial charge >= 0.3 is 0 Å². The number of ether oxygens (including phenoxy) is 2. The Labute approximate surface area is 208 Å². The van der Waals surface area contributed by atoms with Gasteiger partial charge in [-0.1, -0.05) is 17.3 Å². The Balaban J connectivity index is 1.84. The lowest BCUT2D eigenvalue weighted by molar-refractivity contribution is -0.110. The molecule has 0 fully saturated rings. The third-order valence-electron chi connectivity index (χ3n) is 4.71. The second-order valence-corrected chi connectivity index (χ2v) is 9.17. The van der Waals surface area contributed by atoms with Crippen LogP contribution in [0.1, 0.15) is 11.4 Å². The minimum absolute atomic E-state index is 0.0456. The molecule has 2 heterocycles. The van der Waals surface area contributed by atoms with Crippen LogP contribution in [0.3, 0.4) is 0 Å². The van der Waals surface area contributed by atoms with Crippen LogP contribution in [0.5, 0.6) is 5.88 Å². The number of amides is 1. The number of hydrogen-bond donors (Lipinski definition) is 1. The first-order chi connectivity index (χ1) is 17.3. The molecule has 0 atom stereocenters. The molecule has 3 aromatic rings. The predicted octanol–water partition coefficient (Wildman–Crippen LogP) is 1.10. The number of nitrogens with zero attached hydrogens (tertiary/aromatic N) is 6. The summed E-state index contributed by atoms with van der Waals surface area (Å²) in [6.45, 7) is 0.353. The number of carbonyl (C=O) groups excluding carboxylic acids is 1. The second-order valence-electron chi connectivity index (χ2n) is 7.12. The molecule has 0 saturated heterocycles. The van der Waals surface area contributed by atoms with Crippen molar-refractivity contribution in [2.75, 3.05) is 39.7 Å². The van der Waals surface area contributed by atoms with E-state index in [1.807, 2.05) is 0 Å². The van der Waals surface area contributed by atoms with Crippen LogP contribution in [0.2, 0.25) is 0 Å². The van der Waals surface area contributed by atoms with Gasteiger partial charge in [-0.25, -0.2) is 28.4 Å². The van der Waals surface area contributed by atoms with E-state index >= 15 is 0 Å². The molecule has 0 bridgehead atoms. The van der Waals surface area contributed by atoms with Crippen molar-refractivity contribution in [3.05, 3.63) is 66.5 Å². The molecule has 0 aliphatic heterocycles. The van der Waals surface area contributed by atoms with Gasteiger partial charge in [0.2, 0.25) is 15.9 Å². The van der Waals surface area contributed by atoms with Crippen LogP contribution in [-0.2, 0) is 31.0 Å². The first-order valence-corrected chi connectivity index (χ1v) is 12.0. The van der Waals surface area contributed by atoms with Crippen molar-refractivity contribution in [2.24, 2.45) is 5.16 Å². The van der Waals surface area contributed by atoms with E-state index in [1.54, 1.807) is 18.5 Å². The molecular formula is C22H25N7O6S. The highest BCUT2D eigenvalue weighted by atomic mass is 32.2. The predicted molar refractivity (Wildman–Crippen MR) is 129 cm³/mol. The van der Waals surface area contributed by atoms with Gasteiger partial charge in [-0.3, -0.25) is 4.79 Å². The number of oxime groups is 1. The average molecular weight is 516 g/mol. The fourth-order valence-corrected chi connectivity index (χ4v) is 3.91. The van der Waals surface area contributed by atoms with Gasteiger partial charge in [0, 0.05) is 38.7 Å². The van der Waals surface area contributed by atoms with Gasteiger partial charge in [0.25, 0.3) is 5.91 Å². The van der Waals surface area contributed by atoms with E-state index in [0.717, 1.165) is 0 Å². The van der Waals surface area contributed by atoms with Crippen LogP contribution in [0.15, 0.2) is 65.2 Å². The number of likely N-dealkylation sites (N-methyl/N-ethyl adjacent to an activating group) is 1. The summed E-state index contributed by atoms with van der Waals surface area (Å²) in [5.74, 6) is 0.137. The number of rotatable bonds is 12. The Morgan fingerprint density at radius 3 is 2.39 bits per heavy atom. The quantitative estimate of drug-likeness (QED) is 0.273. The average Bonchev–Trinajstić information content (AvgIpc) is 2.90. The Kier molecular flexibility index (Phi) is 9.32. The van der Waals surface area contributed by atoms with E-state index < -0.39 is 15.9 Å². The number of methoxy groups -OCH3 is 2. The highest BCUT2D eigenvalue weighted by Crippen LogP contribution is 2.17. The number of carbonyl (C=O) groups is 1. The molecule has 36 heavy (non-hydrogen) atoms. The van der Waals surface area contributed by atoms with Crippen molar-refractivity contribution in [2.45, 2.75) is 11.5 Å². The summed E-state index contributed by atoms with van der Waals surface area (Å²) in [6.07, 6.45) is 5.76. The van der Waals surface area contributed by atoms with E-state index in [0.29, 0.717) is 11.4 Å². The molecule has 190 valence electrons. The van der Waals surface area contributed by atoms with Crippen molar-refractivity contribution < 1.29 is 27.5 Å². The van der Waals surface area contributed by atoms with E-state index in [4.69, 9.17) is 14.3 Å². The van der Waals surface area contributed by atoms with Crippen LogP contribution < -0.4 is 10.1 Å². The number of benzene rings is 1. The van der Waals surface area contributed by atoms with Gasteiger partial charge in [0.15, 0.2) is 24.0 Å². The summed E-state index contributed by atoms with van der Waals surface area (Å²) in [6, 6.07) is 7.33. The zero-order valence-corrected chi connectivity index (χ0v) is 20.7. The largest absolute Gasteiger partial charge is 0.480 e. The monoisotopic (exact) mass is 515 g/mol. The van der Waals surface area contributed by atoms with E-state index in [1.165, 1.54) is 62.2 Å². The Bertz CT molecular complexity index is 1270. The lowest BCUT2D eigenvalue weighted by Gasteiger charge is -2.17. The maximum Gasteiger partial charge on any atom is 0.279 e. The summed E-state index contributed by atoms with van der Waals surface area (Å²) in [5.41, 5.74) is 0.182. The molecule has 0 radical (unpaired) electrons. The van der Waals surface area contributed by atoms with Gasteiger partial charge < -0.3 is 19.6 Å². The SMILES string of the molecule is COCCN(C)S(=O)(=O)c1ccc(C(=NOCc2ncccn2)C(=O)Nc2cnc(OC)cn2)cc1. The van der Waals surface area contributed by atoms with Crippen molar-refractivity contribution >= 4 is 27.5 Å². The zero-order chi connectivity index (χ0) is 26.0. The molecule has 0 aliphatic rings. The van der Waals surface area contributed by atoms with Gasteiger partial charge in [-0.05, 0) is 18.2 Å². The molecule has 1 amide bonds. The molecule has 0 unspecified atom stereocenters. The van der Waals surface area contributed by atoms with Gasteiger partial charge in [-0.2, -0.15) is 4.31 Å². The molecule has 14 heteroatoms. The smallest absolute Gasteiger partial charge is 0.279 e. The normalized spacial score (nSPS) is 11.8. The molecule has 1 N–H and O–H groups in total. The summed E-state index contributed by atoms with van der Waals surface area (Å²) < 4.78 is 36.6. The Hall–Kier alpha value is -4.01. The van der Waals surface area contributed by atoms with Gasteiger partial charge in [0.05, 0.1) is 31.0 Å². The highest BCUT2D eigenvalue weighted by molar-refractivity contribution is 7.89. The number of anilines is 1. The maximum absolute atomic E-state index is 13.0. The fourth-order valence-electron chi connectivity index (χ4n) is 2.75. The van der Waals surface area contributed by atoms with Crippen LogP contribution in [0, 0.1) is 0 Å². The molecule has 2 aromatic heterocycles. The van der Waals surface area contributed by atoms with Crippen molar-refractivity contribution in [3.63, 3.8) is 0 Å². The molecule has 13 nitrogen and oxygen atoms in total. The van der Waals surface area contributed by atoms with Crippen LogP contribution in [0.4, 0.5) is 5.82 Å². The Morgan fingerprint density at radius 1 is 1.06 bits per heavy atom. The van der Waals surface area contributed by atoms with Crippen molar-refractivity contribution in [1.82, 2.24) is 24.2 Å². The number of aromatic nitrogens is 4. The lowest BCUT2D eigenvalue weighted by atomic mass is 10.1. The number of hydrogen-bond acceptors (Lipinski definition) is 11. The maximum atomic E-state index is 13.0. The first-order valence-electron chi connectivity index (χ1n) is 10.5. The molecular weight excluding hydrogens is 490 g/mol. The highest BCUT2D eigenvalue weighted by Gasteiger charge is 2.22. The third kappa shape index (κ3) is 7.00. The summed E-state index contributed by atoms with van der Waals surface area (Å²) >= 11 is 0. The van der Waals surface area contributed by atoms with E-state index in [9.17, 15) is 13.2 Å². The summed E-state index contributed by atoms with van der Waals surface area (Å²) in [7, 11) is 0.644. The third-order valence-corrected chi connectivity index (χ3v) is 6.58. The van der Waals surface area contributed by atoms with Crippen molar-refractivity contribution in [1.29, 1.82) is 0 Å². The minimum atomic E-state index is -3.75. The van der Waals surface area contributed by atoms with Crippen LogP contribution in [-0.4, -0.2) is 78.7 Å². The molecule has 0 spiro atoms. The Morgan fingerprint density at radius 2 is 1.78 bits per heavy atom. The fraction of sp³-hybridized carbons (Fsp3) is 0.273. The van der Waals surface area contributed by atoms with Crippen LogP contribution >= 0.6 is 0 Å². The first kappa shape index (κ1) is 26.6. The number of nitrogens with one attached hydrogen (secondary N) is 1. The van der Waals surface area contributed by atoms with Crippen molar-refractivity contribution in [3.8, 4) is 5.88 Å². The van der Waals surface area contributed by atoms with Gasteiger partial charge in [0.1, 0.15) is 0 Å². The summed E-state index contributed by atoms with van der Waals surface area (Å²) in [5, 5.41) is 6.54. The number of sulfonamides is 1. The minimum Gasteiger partial charge on any atom is -0.480 e. The van der Waals surface area contributed by atoms with E-state index in [2.05, 4.69) is 30.4 Å². The lowest BCUT2D eigenvalue weighted by Crippen LogP contribution is -2.30. The van der Waals surface area contributed by atoms with Gasteiger partial charge in [-0.15, -0.1) is 0 Å². The molecule has 1 aromatic carbocycles. The summed E-state index contributed by atoms with van der Waals surface area (Å²) in [4.78, 5) is 34.5.